The second kappa shape index (κ2) is 5.14. The van der Waals surface area contributed by atoms with E-state index in [4.69, 9.17) is 10.5 Å². The summed E-state index contributed by atoms with van der Waals surface area (Å²) in [5.74, 6) is 0.418. The summed E-state index contributed by atoms with van der Waals surface area (Å²) in [6.07, 6.45) is 2.50. The molecule has 0 bridgehead atoms. The summed E-state index contributed by atoms with van der Waals surface area (Å²) in [4.78, 5) is 18.0. The van der Waals surface area contributed by atoms with Crippen LogP contribution in [-0.2, 0) is 4.74 Å². The Morgan fingerprint density at radius 1 is 1.65 bits per heavy atom. The van der Waals surface area contributed by atoms with Crippen LogP contribution in [0.1, 0.15) is 16.9 Å². The Morgan fingerprint density at radius 3 is 3.12 bits per heavy atom. The lowest BCUT2D eigenvalue weighted by Gasteiger charge is -2.15. The van der Waals surface area contributed by atoms with Crippen LogP contribution in [0.25, 0.3) is 0 Å². The van der Waals surface area contributed by atoms with E-state index in [1.807, 2.05) is 4.90 Å². The van der Waals surface area contributed by atoms with Crippen LogP contribution in [0.3, 0.4) is 0 Å². The van der Waals surface area contributed by atoms with Crippen molar-refractivity contribution in [3.8, 4) is 0 Å². The number of aromatic nitrogens is 1. The first kappa shape index (κ1) is 11.9. The standard InChI is InChI=1S/C12H17N3O2/c1-17-8-9-4-5-15(7-9)12(16)11-3-2-10(13)6-14-11/h2-3,6,9H,4-5,7-8,13H2,1H3. The molecule has 5 heteroatoms. The number of hydrogen-bond acceptors (Lipinski definition) is 4. The Labute approximate surface area is 101 Å². The molecule has 1 fully saturated rings. The maximum absolute atomic E-state index is 12.1. The summed E-state index contributed by atoms with van der Waals surface area (Å²) in [6.45, 7) is 2.23. The number of amides is 1. The number of hydrogen-bond donors (Lipinski definition) is 1. The zero-order valence-corrected chi connectivity index (χ0v) is 9.93. The number of likely N-dealkylation sites (tertiary alicyclic amines) is 1. The maximum Gasteiger partial charge on any atom is 0.272 e. The molecule has 0 spiro atoms. The third kappa shape index (κ3) is 2.74. The average Bonchev–Trinajstić information content (AvgIpc) is 2.78. The molecule has 17 heavy (non-hydrogen) atoms. The molecule has 1 aromatic heterocycles. The first-order valence-electron chi connectivity index (χ1n) is 5.70. The highest BCUT2D eigenvalue weighted by molar-refractivity contribution is 5.92. The molecule has 5 nitrogen and oxygen atoms in total. The van der Waals surface area contributed by atoms with Gasteiger partial charge in [-0.15, -0.1) is 0 Å². The van der Waals surface area contributed by atoms with Gasteiger partial charge < -0.3 is 15.4 Å². The Kier molecular flexibility index (Phi) is 3.58. The van der Waals surface area contributed by atoms with E-state index in [1.54, 1.807) is 19.2 Å². The quantitative estimate of drug-likeness (QED) is 0.840. The Bertz CT molecular complexity index is 391. The minimum atomic E-state index is -0.0244. The maximum atomic E-state index is 12.1. The van der Waals surface area contributed by atoms with Crippen LogP contribution < -0.4 is 5.73 Å². The first-order chi connectivity index (χ1) is 8.20. The first-order valence-corrected chi connectivity index (χ1v) is 5.70. The molecule has 1 saturated heterocycles. The van der Waals surface area contributed by atoms with E-state index >= 15 is 0 Å². The van der Waals surface area contributed by atoms with E-state index in [0.29, 0.717) is 23.9 Å². The van der Waals surface area contributed by atoms with Crippen LogP contribution in [0.4, 0.5) is 5.69 Å². The molecule has 0 aliphatic carbocycles. The third-order valence-corrected chi connectivity index (χ3v) is 2.98. The van der Waals surface area contributed by atoms with Crippen molar-refractivity contribution in [1.82, 2.24) is 9.88 Å². The van der Waals surface area contributed by atoms with Crippen molar-refractivity contribution < 1.29 is 9.53 Å². The van der Waals surface area contributed by atoms with Crippen LogP contribution in [0, 0.1) is 5.92 Å². The molecule has 1 unspecified atom stereocenters. The fraction of sp³-hybridized carbons (Fsp3) is 0.500. The molecule has 2 N–H and O–H groups in total. The summed E-state index contributed by atoms with van der Waals surface area (Å²) in [6, 6.07) is 3.37. The van der Waals surface area contributed by atoms with Crippen LogP contribution in [0.15, 0.2) is 18.3 Å². The number of nitrogen functional groups attached to an aromatic ring is 1. The van der Waals surface area contributed by atoms with Gasteiger partial charge in [0.1, 0.15) is 5.69 Å². The predicted molar refractivity (Wildman–Crippen MR) is 64.5 cm³/mol. The van der Waals surface area contributed by atoms with Crippen molar-refractivity contribution in [2.45, 2.75) is 6.42 Å². The van der Waals surface area contributed by atoms with Gasteiger partial charge in [0, 0.05) is 26.1 Å². The SMILES string of the molecule is COCC1CCN(C(=O)c2ccc(N)cn2)C1. The molecular weight excluding hydrogens is 218 g/mol. The minimum absolute atomic E-state index is 0.0244. The van der Waals surface area contributed by atoms with Gasteiger partial charge in [-0.3, -0.25) is 4.79 Å². The predicted octanol–water partition coefficient (Wildman–Crippen LogP) is 0.772. The van der Waals surface area contributed by atoms with Gasteiger partial charge in [-0.05, 0) is 18.6 Å². The number of ether oxygens (including phenoxy) is 1. The number of carbonyl (C=O) groups is 1. The Hall–Kier alpha value is -1.62. The van der Waals surface area contributed by atoms with Crippen LogP contribution in [0.5, 0.6) is 0 Å². The van der Waals surface area contributed by atoms with Crippen LogP contribution in [0.2, 0.25) is 0 Å². The van der Waals surface area contributed by atoms with Crippen molar-refractivity contribution in [3.05, 3.63) is 24.0 Å². The van der Waals surface area contributed by atoms with E-state index < -0.39 is 0 Å². The van der Waals surface area contributed by atoms with Crippen molar-refractivity contribution in [2.24, 2.45) is 5.92 Å². The number of nitrogens with zero attached hydrogens (tertiary/aromatic N) is 2. The molecule has 1 aliphatic rings. The molecule has 1 aromatic rings. The fourth-order valence-corrected chi connectivity index (χ4v) is 2.08. The lowest BCUT2D eigenvalue weighted by Crippen LogP contribution is -2.29. The van der Waals surface area contributed by atoms with Crippen molar-refractivity contribution in [1.29, 1.82) is 0 Å². The molecule has 1 aliphatic heterocycles. The lowest BCUT2D eigenvalue weighted by molar-refractivity contribution is 0.0770. The molecule has 0 radical (unpaired) electrons. The number of nitrogens with two attached hydrogens (primary N) is 1. The normalized spacial score (nSPS) is 19.6. The van der Waals surface area contributed by atoms with Crippen molar-refractivity contribution >= 4 is 11.6 Å². The average molecular weight is 235 g/mol. The number of pyridine rings is 1. The number of rotatable bonds is 3. The monoisotopic (exact) mass is 235 g/mol. The van der Waals surface area contributed by atoms with Crippen LogP contribution in [-0.4, -0.2) is 42.6 Å². The second-order valence-corrected chi connectivity index (χ2v) is 4.34. The number of methoxy groups -OCH3 is 1. The van der Waals surface area contributed by atoms with Gasteiger partial charge in [0.25, 0.3) is 5.91 Å². The second-order valence-electron chi connectivity index (χ2n) is 4.34. The van der Waals surface area contributed by atoms with E-state index in [-0.39, 0.29) is 5.91 Å². The number of carbonyl (C=O) groups excluding carboxylic acids is 1. The Morgan fingerprint density at radius 2 is 2.47 bits per heavy atom. The third-order valence-electron chi connectivity index (χ3n) is 2.98. The summed E-state index contributed by atoms with van der Waals surface area (Å²) >= 11 is 0. The molecular formula is C12H17N3O2. The molecule has 2 rings (SSSR count). The molecule has 0 saturated carbocycles. The van der Waals surface area contributed by atoms with Crippen molar-refractivity contribution in [3.63, 3.8) is 0 Å². The summed E-state index contributed by atoms with van der Waals surface area (Å²) < 4.78 is 5.11. The van der Waals surface area contributed by atoms with Gasteiger partial charge in [0.05, 0.1) is 18.5 Å². The van der Waals surface area contributed by atoms with E-state index in [9.17, 15) is 4.79 Å². The Balaban J connectivity index is 1.99. The molecule has 2 heterocycles. The van der Waals surface area contributed by atoms with Gasteiger partial charge >= 0.3 is 0 Å². The molecule has 92 valence electrons. The highest BCUT2D eigenvalue weighted by atomic mass is 16.5. The van der Waals surface area contributed by atoms with Gasteiger partial charge in [0.15, 0.2) is 0 Å². The largest absolute Gasteiger partial charge is 0.397 e. The molecule has 1 amide bonds. The van der Waals surface area contributed by atoms with Gasteiger partial charge in [-0.2, -0.15) is 0 Å². The van der Waals surface area contributed by atoms with Crippen LogP contribution >= 0.6 is 0 Å². The topological polar surface area (TPSA) is 68.5 Å². The number of anilines is 1. The van der Waals surface area contributed by atoms with Gasteiger partial charge in [0.2, 0.25) is 0 Å². The zero-order valence-electron chi connectivity index (χ0n) is 9.93. The smallest absolute Gasteiger partial charge is 0.272 e. The lowest BCUT2D eigenvalue weighted by atomic mass is 10.1. The van der Waals surface area contributed by atoms with E-state index in [1.165, 1.54) is 6.20 Å². The zero-order chi connectivity index (χ0) is 12.3. The highest BCUT2D eigenvalue weighted by Gasteiger charge is 2.27. The highest BCUT2D eigenvalue weighted by Crippen LogP contribution is 2.18. The minimum Gasteiger partial charge on any atom is -0.397 e. The van der Waals surface area contributed by atoms with Crippen molar-refractivity contribution in [2.75, 3.05) is 32.5 Å². The summed E-state index contributed by atoms with van der Waals surface area (Å²) in [5.41, 5.74) is 6.56. The van der Waals surface area contributed by atoms with E-state index in [0.717, 1.165) is 19.5 Å². The summed E-state index contributed by atoms with van der Waals surface area (Å²) in [5, 5.41) is 0. The van der Waals surface area contributed by atoms with Gasteiger partial charge in [-0.1, -0.05) is 0 Å². The molecule has 0 aromatic carbocycles. The summed E-state index contributed by atoms with van der Waals surface area (Å²) in [7, 11) is 1.69. The van der Waals surface area contributed by atoms with Gasteiger partial charge in [-0.25, -0.2) is 4.98 Å². The molecule has 1 atom stereocenters. The fourth-order valence-electron chi connectivity index (χ4n) is 2.08. The van der Waals surface area contributed by atoms with E-state index in [2.05, 4.69) is 4.98 Å².